The Morgan fingerprint density at radius 2 is 1.92 bits per heavy atom. The van der Waals surface area contributed by atoms with Crippen LogP contribution in [0.1, 0.15) is 21.8 Å². The lowest BCUT2D eigenvalue weighted by atomic mass is 10.1. The molecule has 0 saturated heterocycles. The number of nitrogens with one attached hydrogen (secondary N) is 1. The molecule has 128 valence electrons. The van der Waals surface area contributed by atoms with Gasteiger partial charge in [0.1, 0.15) is 5.76 Å². The maximum atomic E-state index is 12.8. The van der Waals surface area contributed by atoms with Gasteiger partial charge in [-0.3, -0.25) is 9.78 Å². The van der Waals surface area contributed by atoms with Crippen LogP contribution in [-0.4, -0.2) is 10.9 Å². The second-order valence-electron chi connectivity index (χ2n) is 5.25. The summed E-state index contributed by atoms with van der Waals surface area (Å²) in [5.41, 5.74) is 0.154. The zero-order valence-corrected chi connectivity index (χ0v) is 12.9. The van der Waals surface area contributed by atoms with Crippen LogP contribution in [0, 0.1) is 0 Å². The fourth-order valence-electron chi connectivity index (χ4n) is 2.22. The molecular formula is C18H13F3N2O2. The Morgan fingerprint density at radius 1 is 1.08 bits per heavy atom. The normalized spacial score (nSPS) is 11.3. The van der Waals surface area contributed by atoms with Gasteiger partial charge in [0.05, 0.1) is 17.8 Å². The quantitative estimate of drug-likeness (QED) is 0.767. The molecule has 1 amide bonds. The van der Waals surface area contributed by atoms with Gasteiger partial charge < -0.3 is 9.73 Å². The van der Waals surface area contributed by atoms with Crippen molar-refractivity contribution in [3.63, 3.8) is 0 Å². The summed E-state index contributed by atoms with van der Waals surface area (Å²) in [6, 6.07) is 12.9. The van der Waals surface area contributed by atoms with Crippen LogP contribution >= 0.6 is 0 Å². The van der Waals surface area contributed by atoms with Crippen LogP contribution in [0.15, 0.2) is 65.2 Å². The van der Waals surface area contributed by atoms with E-state index in [0.29, 0.717) is 5.69 Å². The summed E-state index contributed by atoms with van der Waals surface area (Å²) >= 11 is 0. The predicted octanol–water partition coefficient (Wildman–Crippen LogP) is 4.29. The highest BCUT2D eigenvalue weighted by atomic mass is 19.4. The topological polar surface area (TPSA) is 55.1 Å². The van der Waals surface area contributed by atoms with Crippen molar-refractivity contribution < 1.29 is 22.4 Å². The summed E-state index contributed by atoms with van der Waals surface area (Å²) in [4.78, 5) is 16.2. The summed E-state index contributed by atoms with van der Waals surface area (Å²) in [6.45, 7) is 0.221. The van der Waals surface area contributed by atoms with Crippen LogP contribution in [0.5, 0.6) is 0 Å². The van der Waals surface area contributed by atoms with Crippen molar-refractivity contribution in [1.29, 1.82) is 0 Å². The Hall–Kier alpha value is -3.09. The number of hydrogen-bond donors (Lipinski definition) is 1. The minimum atomic E-state index is -4.44. The third-order valence-corrected chi connectivity index (χ3v) is 3.46. The molecule has 0 spiro atoms. The highest BCUT2D eigenvalue weighted by Crippen LogP contribution is 2.32. The lowest BCUT2D eigenvalue weighted by molar-refractivity contribution is -0.137. The van der Waals surface area contributed by atoms with Gasteiger partial charge in [-0.15, -0.1) is 0 Å². The van der Waals surface area contributed by atoms with Crippen LogP contribution in [0.3, 0.4) is 0 Å². The number of benzene rings is 1. The molecule has 1 N–H and O–H groups in total. The Balaban J connectivity index is 1.73. The van der Waals surface area contributed by atoms with Gasteiger partial charge in [-0.1, -0.05) is 18.2 Å². The van der Waals surface area contributed by atoms with Crippen molar-refractivity contribution in [2.24, 2.45) is 0 Å². The van der Waals surface area contributed by atoms with E-state index in [-0.39, 0.29) is 23.6 Å². The number of rotatable bonds is 4. The van der Waals surface area contributed by atoms with Crippen molar-refractivity contribution >= 4 is 5.91 Å². The first kappa shape index (κ1) is 16.8. The van der Waals surface area contributed by atoms with Crippen LogP contribution in [0.4, 0.5) is 13.2 Å². The summed E-state index contributed by atoms with van der Waals surface area (Å²) in [7, 11) is 0. The molecule has 0 unspecified atom stereocenters. The molecule has 25 heavy (non-hydrogen) atoms. The fourth-order valence-corrected chi connectivity index (χ4v) is 2.22. The molecule has 3 rings (SSSR count). The van der Waals surface area contributed by atoms with E-state index in [1.54, 1.807) is 24.4 Å². The summed E-state index contributed by atoms with van der Waals surface area (Å²) in [5.74, 6) is -0.263. The Kier molecular flexibility index (Phi) is 4.56. The summed E-state index contributed by atoms with van der Waals surface area (Å²) < 4.78 is 43.7. The molecule has 2 aromatic heterocycles. The molecular weight excluding hydrogens is 333 g/mol. The first-order chi connectivity index (χ1) is 11.9. The minimum absolute atomic E-state index is 0.0170. The predicted molar refractivity (Wildman–Crippen MR) is 84.6 cm³/mol. The minimum Gasteiger partial charge on any atom is -0.451 e. The highest BCUT2D eigenvalue weighted by molar-refractivity contribution is 5.92. The van der Waals surface area contributed by atoms with E-state index in [1.807, 2.05) is 0 Å². The zero-order chi connectivity index (χ0) is 17.9. The Labute approximate surface area is 141 Å². The summed E-state index contributed by atoms with van der Waals surface area (Å²) in [5, 5.41) is 2.64. The van der Waals surface area contributed by atoms with Gasteiger partial charge in [0.25, 0.3) is 5.91 Å². The van der Waals surface area contributed by atoms with Gasteiger partial charge in [0.15, 0.2) is 5.76 Å². The molecule has 3 aromatic rings. The lowest BCUT2D eigenvalue weighted by Gasteiger charge is -2.07. The number of hydrogen-bond acceptors (Lipinski definition) is 3. The summed E-state index contributed by atoms with van der Waals surface area (Å²) in [6.07, 6.45) is -2.83. The number of aromatic nitrogens is 1. The van der Waals surface area contributed by atoms with Crippen LogP contribution < -0.4 is 5.32 Å². The second kappa shape index (κ2) is 6.80. The van der Waals surface area contributed by atoms with Crippen LogP contribution in [-0.2, 0) is 12.7 Å². The van der Waals surface area contributed by atoms with E-state index < -0.39 is 17.6 Å². The molecule has 0 bridgehead atoms. The van der Waals surface area contributed by atoms with Gasteiger partial charge in [-0.2, -0.15) is 13.2 Å². The lowest BCUT2D eigenvalue weighted by Crippen LogP contribution is -2.22. The first-order valence-electron chi connectivity index (χ1n) is 7.39. The molecule has 0 saturated carbocycles. The first-order valence-corrected chi connectivity index (χ1v) is 7.39. The SMILES string of the molecule is O=C(NCc1ccccn1)c1ccc(-c2cccc(C(F)(F)F)c2)o1. The van der Waals surface area contributed by atoms with Gasteiger partial charge in [0.2, 0.25) is 0 Å². The molecule has 4 nitrogen and oxygen atoms in total. The number of carbonyl (C=O) groups excluding carboxylic acids is 1. The number of carbonyl (C=O) groups is 1. The van der Waals surface area contributed by atoms with Crippen molar-refractivity contribution in [1.82, 2.24) is 10.3 Å². The van der Waals surface area contributed by atoms with Crippen molar-refractivity contribution in [2.75, 3.05) is 0 Å². The second-order valence-corrected chi connectivity index (χ2v) is 5.25. The van der Waals surface area contributed by atoms with E-state index in [2.05, 4.69) is 10.3 Å². The largest absolute Gasteiger partial charge is 0.451 e. The fraction of sp³-hybridized carbons (Fsp3) is 0.111. The van der Waals surface area contributed by atoms with E-state index in [4.69, 9.17) is 4.42 Å². The number of pyridine rings is 1. The third-order valence-electron chi connectivity index (χ3n) is 3.46. The molecule has 1 aromatic carbocycles. The molecule has 0 atom stereocenters. The van der Waals surface area contributed by atoms with Gasteiger partial charge >= 0.3 is 6.18 Å². The Morgan fingerprint density at radius 3 is 2.64 bits per heavy atom. The number of nitrogens with zero attached hydrogens (tertiary/aromatic N) is 1. The van der Waals surface area contributed by atoms with E-state index in [0.717, 1.165) is 12.1 Å². The van der Waals surface area contributed by atoms with Gasteiger partial charge in [-0.25, -0.2) is 0 Å². The van der Waals surface area contributed by atoms with Crippen LogP contribution in [0.25, 0.3) is 11.3 Å². The average Bonchev–Trinajstić information content (AvgIpc) is 3.10. The van der Waals surface area contributed by atoms with E-state index in [9.17, 15) is 18.0 Å². The van der Waals surface area contributed by atoms with Gasteiger partial charge in [0, 0.05) is 11.8 Å². The maximum Gasteiger partial charge on any atom is 0.416 e. The number of furan rings is 1. The van der Waals surface area contributed by atoms with Crippen molar-refractivity contribution in [2.45, 2.75) is 12.7 Å². The van der Waals surface area contributed by atoms with Crippen LogP contribution in [0.2, 0.25) is 0 Å². The van der Waals surface area contributed by atoms with Gasteiger partial charge in [-0.05, 0) is 36.4 Å². The van der Waals surface area contributed by atoms with E-state index in [1.165, 1.54) is 24.3 Å². The average molecular weight is 346 g/mol. The van der Waals surface area contributed by atoms with E-state index >= 15 is 0 Å². The molecule has 0 radical (unpaired) electrons. The number of alkyl halides is 3. The standard InChI is InChI=1S/C18H13F3N2O2/c19-18(20,21)13-5-3-4-12(10-13)15-7-8-16(25-15)17(24)23-11-14-6-1-2-9-22-14/h1-10H,11H2,(H,23,24). The number of amides is 1. The highest BCUT2D eigenvalue weighted by Gasteiger charge is 2.30. The molecule has 2 heterocycles. The molecule has 7 heteroatoms. The third kappa shape index (κ3) is 4.06. The smallest absolute Gasteiger partial charge is 0.416 e. The maximum absolute atomic E-state index is 12.8. The molecule has 0 aliphatic heterocycles. The molecule has 0 fully saturated rings. The molecule has 0 aliphatic carbocycles. The number of halogens is 3. The van der Waals surface area contributed by atoms with Crippen molar-refractivity contribution in [3.05, 3.63) is 77.8 Å². The monoisotopic (exact) mass is 346 g/mol. The Bertz CT molecular complexity index is 873. The van der Waals surface area contributed by atoms with Crippen molar-refractivity contribution in [3.8, 4) is 11.3 Å². The zero-order valence-electron chi connectivity index (χ0n) is 12.9. The molecule has 0 aliphatic rings.